The Morgan fingerprint density at radius 1 is 1.29 bits per heavy atom. The van der Waals surface area contributed by atoms with Crippen LogP contribution in [0.4, 0.5) is 0 Å². The Morgan fingerprint density at radius 3 is 2.65 bits per heavy atom. The van der Waals surface area contributed by atoms with Crippen molar-refractivity contribution in [3.8, 4) is 0 Å². The van der Waals surface area contributed by atoms with Gasteiger partial charge >= 0.3 is 0 Å². The minimum absolute atomic E-state index is 0.309. The van der Waals surface area contributed by atoms with Crippen molar-refractivity contribution in [2.75, 3.05) is 0 Å². The van der Waals surface area contributed by atoms with Gasteiger partial charge in [0.1, 0.15) is 6.26 Å². The van der Waals surface area contributed by atoms with Crippen LogP contribution in [0.15, 0.2) is 41.1 Å². The van der Waals surface area contributed by atoms with Gasteiger partial charge in [-0.3, -0.25) is 0 Å². The van der Waals surface area contributed by atoms with Crippen LogP contribution in [-0.4, -0.2) is 5.16 Å². The number of nitrogens with one attached hydrogen (secondary N) is 1. The summed E-state index contributed by atoms with van der Waals surface area (Å²) < 4.78 is 4.79. The zero-order chi connectivity index (χ0) is 12.1. The van der Waals surface area contributed by atoms with Crippen LogP contribution in [0.25, 0.3) is 0 Å². The van der Waals surface area contributed by atoms with Gasteiger partial charge < -0.3 is 9.84 Å². The summed E-state index contributed by atoms with van der Waals surface area (Å²) in [5.41, 5.74) is 2.15. The summed E-state index contributed by atoms with van der Waals surface area (Å²) in [6.45, 7) is 2.85. The molecule has 1 unspecified atom stereocenters. The highest BCUT2D eigenvalue weighted by atomic mass is 35.5. The largest absolute Gasteiger partial charge is 0.364 e. The van der Waals surface area contributed by atoms with Crippen LogP contribution in [0.1, 0.15) is 30.6 Å². The van der Waals surface area contributed by atoms with Crippen LogP contribution in [-0.2, 0) is 6.54 Å². The van der Waals surface area contributed by atoms with Crippen molar-refractivity contribution >= 4 is 11.6 Å². The first-order chi connectivity index (χ1) is 8.29. The molecular formula is C13H15ClN2O. The van der Waals surface area contributed by atoms with Crippen LogP contribution < -0.4 is 5.32 Å². The van der Waals surface area contributed by atoms with Crippen LogP contribution >= 0.6 is 11.6 Å². The summed E-state index contributed by atoms with van der Waals surface area (Å²) in [6.07, 6.45) is 2.60. The smallest absolute Gasteiger partial charge is 0.124 e. The summed E-state index contributed by atoms with van der Waals surface area (Å²) in [5.74, 6) is 0. The third-order valence-corrected chi connectivity index (χ3v) is 2.95. The number of aromatic nitrogens is 1. The molecule has 2 rings (SSSR count). The Hall–Kier alpha value is -1.32. The topological polar surface area (TPSA) is 38.1 Å². The molecule has 0 aliphatic carbocycles. The molecule has 0 aliphatic heterocycles. The highest BCUT2D eigenvalue weighted by Gasteiger charge is 2.09. The second kappa shape index (κ2) is 5.84. The fourth-order valence-corrected chi connectivity index (χ4v) is 1.88. The molecule has 3 nitrogen and oxygen atoms in total. The average molecular weight is 251 g/mol. The molecule has 17 heavy (non-hydrogen) atoms. The molecule has 90 valence electrons. The monoisotopic (exact) mass is 250 g/mol. The first-order valence-corrected chi connectivity index (χ1v) is 6.05. The van der Waals surface area contributed by atoms with Gasteiger partial charge in [-0.25, -0.2) is 0 Å². The molecule has 4 heteroatoms. The van der Waals surface area contributed by atoms with Crippen LogP contribution in [0.3, 0.4) is 0 Å². The minimum atomic E-state index is 0.309. The SMILES string of the molecule is CCC(NCc1ccon1)c1ccc(Cl)cc1. The number of hydrogen-bond donors (Lipinski definition) is 1. The lowest BCUT2D eigenvalue weighted by atomic mass is 10.0. The van der Waals surface area contributed by atoms with E-state index >= 15 is 0 Å². The lowest BCUT2D eigenvalue weighted by Crippen LogP contribution is -2.20. The first kappa shape index (κ1) is 12.1. The Labute approximate surface area is 106 Å². The maximum Gasteiger partial charge on any atom is 0.124 e. The van der Waals surface area contributed by atoms with Gasteiger partial charge in [0.25, 0.3) is 0 Å². The summed E-state index contributed by atoms with van der Waals surface area (Å²) in [5, 5.41) is 8.08. The normalized spacial score (nSPS) is 12.6. The maximum atomic E-state index is 5.88. The third kappa shape index (κ3) is 3.32. The number of benzene rings is 1. The van der Waals surface area contributed by atoms with E-state index in [1.807, 2.05) is 30.3 Å². The van der Waals surface area contributed by atoms with Gasteiger partial charge in [0.15, 0.2) is 0 Å². The van der Waals surface area contributed by atoms with E-state index in [4.69, 9.17) is 16.1 Å². The summed E-state index contributed by atoms with van der Waals surface area (Å²) in [6, 6.07) is 10.1. The Kier molecular flexibility index (Phi) is 4.18. The highest BCUT2D eigenvalue weighted by Crippen LogP contribution is 2.19. The fraction of sp³-hybridized carbons (Fsp3) is 0.308. The quantitative estimate of drug-likeness (QED) is 0.882. The van der Waals surface area contributed by atoms with Crippen molar-refractivity contribution < 1.29 is 4.52 Å². The second-order valence-electron chi connectivity index (χ2n) is 3.88. The Morgan fingerprint density at radius 2 is 2.06 bits per heavy atom. The van der Waals surface area contributed by atoms with Crippen LogP contribution in [0.2, 0.25) is 5.02 Å². The van der Waals surface area contributed by atoms with Crippen molar-refractivity contribution in [1.82, 2.24) is 10.5 Å². The molecule has 1 atom stereocenters. The van der Waals surface area contributed by atoms with Crippen LogP contribution in [0, 0.1) is 0 Å². The summed E-state index contributed by atoms with van der Waals surface area (Å²) in [4.78, 5) is 0. The van der Waals surface area contributed by atoms with Gasteiger partial charge in [-0.2, -0.15) is 0 Å². The van der Waals surface area contributed by atoms with E-state index in [9.17, 15) is 0 Å². The number of hydrogen-bond acceptors (Lipinski definition) is 3. The molecule has 0 radical (unpaired) electrons. The Balaban J connectivity index is 1.99. The second-order valence-corrected chi connectivity index (χ2v) is 4.32. The minimum Gasteiger partial charge on any atom is -0.364 e. The fourth-order valence-electron chi connectivity index (χ4n) is 1.75. The molecule has 0 bridgehead atoms. The van der Waals surface area contributed by atoms with Gasteiger partial charge in [-0.05, 0) is 24.1 Å². The van der Waals surface area contributed by atoms with E-state index in [2.05, 4.69) is 17.4 Å². The molecule has 0 saturated carbocycles. The van der Waals surface area contributed by atoms with Crippen LogP contribution in [0.5, 0.6) is 0 Å². The van der Waals surface area contributed by atoms with E-state index < -0.39 is 0 Å². The van der Waals surface area contributed by atoms with Crippen molar-refractivity contribution in [3.63, 3.8) is 0 Å². The molecule has 1 aromatic heterocycles. The van der Waals surface area contributed by atoms with E-state index in [0.717, 1.165) is 17.1 Å². The molecular weight excluding hydrogens is 236 g/mol. The molecule has 0 aliphatic rings. The zero-order valence-electron chi connectivity index (χ0n) is 9.69. The summed E-state index contributed by atoms with van der Waals surface area (Å²) >= 11 is 5.88. The van der Waals surface area contributed by atoms with Gasteiger partial charge in [-0.1, -0.05) is 35.8 Å². The van der Waals surface area contributed by atoms with Crippen molar-refractivity contribution in [2.24, 2.45) is 0 Å². The number of rotatable bonds is 5. The standard InChI is InChI=1S/C13H15ClN2O/c1-2-13(10-3-5-11(14)6-4-10)15-9-12-7-8-17-16-12/h3-8,13,15H,2,9H2,1H3. The highest BCUT2D eigenvalue weighted by molar-refractivity contribution is 6.30. The van der Waals surface area contributed by atoms with E-state index in [0.29, 0.717) is 12.6 Å². The van der Waals surface area contributed by atoms with E-state index in [1.165, 1.54) is 5.56 Å². The number of halogens is 1. The predicted molar refractivity (Wildman–Crippen MR) is 67.8 cm³/mol. The zero-order valence-corrected chi connectivity index (χ0v) is 10.4. The maximum absolute atomic E-state index is 5.88. The third-order valence-electron chi connectivity index (χ3n) is 2.70. The Bertz CT molecular complexity index is 439. The predicted octanol–water partition coefficient (Wildman–Crippen LogP) is 3.57. The van der Waals surface area contributed by atoms with Crippen molar-refractivity contribution in [2.45, 2.75) is 25.9 Å². The first-order valence-electron chi connectivity index (χ1n) is 5.67. The van der Waals surface area contributed by atoms with Gasteiger partial charge in [0.05, 0.1) is 5.69 Å². The van der Waals surface area contributed by atoms with Gasteiger partial charge in [0, 0.05) is 23.7 Å². The molecule has 0 fully saturated rings. The van der Waals surface area contributed by atoms with Gasteiger partial charge in [0.2, 0.25) is 0 Å². The molecule has 1 N–H and O–H groups in total. The lowest BCUT2D eigenvalue weighted by molar-refractivity contribution is 0.403. The lowest BCUT2D eigenvalue weighted by Gasteiger charge is -2.16. The van der Waals surface area contributed by atoms with Crippen molar-refractivity contribution in [3.05, 3.63) is 52.9 Å². The molecule has 0 amide bonds. The van der Waals surface area contributed by atoms with Crippen molar-refractivity contribution in [1.29, 1.82) is 0 Å². The molecule has 0 saturated heterocycles. The van der Waals surface area contributed by atoms with Gasteiger partial charge in [-0.15, -0.1) is 0 Å². The average Bonchev–Trinajstić information content (AvgIpc) is 2.85. The van der Waals surface area contributed by atoms with E-state index in [1.54, 1.807) is 6.26 Å². The molecule has 0 spiro atoms. The van der Waals surface area contributed by atoms with E-state index in [-0.39, 0.29) is 0 Å². The number of nitrogens with zero attached hydrogens (tertiary/aromatic N) is 1. The molecule has 1 heterocycles. The summed E-state index contributed by atoms with van der Waals surface area (Å²) in [7, 11) is 0. The molecule has 2 aromatic rings. The molecule has 1 aromatic carbocycles.